The van der Waals surface area contributed by atoms with E-state index >= 15 is 0 Å². The first kappa shape index (κ1) is 23.0. The molecule has 6 heteroatoms. The van der Waals surface area contributed by atoms with Gasteiger partial charge in [-0.3, -0.25) is 9.59 Å². The Labute approximate surface area is 193 Å². The summed E-state index contributed by atoms with van der Waals surface area (Å²) in [6.07, 6.45) is 3.42. The Morgan fingerprint density at radius 3 is 2.42 bits per heavy atom. The van der Waals surface area contributed by atoms with Crippen molar-refractivity contribution in [3.05, 3.63) is 70.0 Å². The maximum atomic E-state index is 15.0. The summed E-state index contributed by atoms with van der Waals surface area (Å²) in [5.74, 6) is -1.43. The molecule has 1 aliphatic carbocycles. The van der Waals surface area contributed by atoms with Crippen molar-refractivity contribution in [2.45, 2.75) is 64.5 Å². The molecule has 174 valence electrons. The molecule has 1 aliphatic heterocycles. The largest absolute Gasteiger partial charge is 0.507 e. The van der Waals surface area contributed by atoms with Crippen LogP contribution < -0.4 is 4.74 Å². The molecule has 2 aromatic carbocycles. The predicted molar refractivity (Wildman–Crippen MR) is 125 cm³/mol. The van der Waals surface area contributed by atoms with Crippen LogP contribution in [-0.4, -0.2) is 34.8 Å². The van der Waals surface area contributed by atoms with Crippen LogP contribution in [0, 0.1) is 12.7 Å². The second-order valence-electron chi connectivity index (χ2n) is 9.23. The Hall–Kier alpha value is -3.15. The Balaban J connectivity index is 1.95. The molecule has 0 aromatic heterocycles. The number of aryl methyl sites for hydroxylation is 1. The Morgan fingerprint density at radius 2 is 1.82 bits per heavy atom. The number of hydrogen-bond donors (Lipinski definition) is 1. The third-order valence-electron chi connectivity index (χ3n) is 6.85. The maximum Gasteiger partial charge on any atom is 0.295 e. The van der Waals surface area contributed by atoms with Gasteiger partial charge in [-0.15, -0.1) is 0 Å². The summed E-state index contributed by atoms with van der Waals surface area (Å²) in [5.41, 5.74) is 2.19. The Kier molecular flexibility index (Phi) is 6.28. The molecule has 33 heavy (non-hydrogen) atoms. The molecule has 5 nitrogen and oxygen atoms in total. The van der Waals surface area contributed by atoms with E-state index in [0.29, 0.717) is 16.9 Å². The summed E-state index contributed by atoms with van der Waals surface area (Å²) in [5, 5.41) is 11.5. The van der Waals surface area contributed by atoms with E-state index in [1.54, 1.807) is 31.4 Å². The van der Waals surface area contributed by atoms with E-state index in [0.717, 1.165) is 31.2 Å². The molecule has 1 atom stereocenters. The number of carbonyl (C=O) groups excluding carboxylic acids is 2. The van der Waals surface area contributed by atoms with Crippen LogP contribution in [0.1, 0.15) is 73.7 Å². The number of ether oxygens (including phenoxy) is 1. The maximum absolute atomic E-state index is 15.0. The molecular formula is C27H30FNO4. The number of amides is 1. The number of ketones is 1. The van der Waals surface area contributed by atoms with Crippen molar-refractivity contribution in [2.75, 3.05) is 7.11 Å². The van der Waals surface area contributed by atoms with Gasteiger partial charge in [-0.1, -0.05) is 44.9 Å². The van der Waals surface area contributed by atoms with E-state index in [1.807, 2.05) is 26.8 Å². The summed E-state index contributed by atoms with van der Waals surface area (Å²) >= 11 is 0. The number of benzene rings is 2. The molecule has 0 radical (unpaired) electrons. The van der Waals surface area contributed by atoms with Gasteiger partial charge >= 0.3 is 0 Å². The van der Waals surface area contributed by atoms with E-state index in [1.165, 1.54) is 11.0 Å². The zero-order valence-electron chi connectivity index (χ0n) is 19.5. The molecule has 2 aromatic rings. The fourth-order valence-electron chi connectivity index (χ4n) is 5.14. The zero-order chi connectivity index (χ0) is 23.9. The van der Waals surface area contributed by atoms with Crippen LogP contribution >= 0.6 is 0 Å². The van der Waals surface area contributed by atoms with Gasteiger partial charge in [0.25, 0.3) is 11.7 Å². The second-order valence-corrected chi connectivity index (χ2v) is 9.23. The number of Topliss-reactive ketones (excluding diaryl/α,β-unsaturated/α-hetero) is 1. The van der Waals surface area contributed by atoms with Gasteiger partial charge < -0.3 is 14.7 Å². The Morgan fingerprint density at radius 1 is 1.15 bits per heavy atom. The lowest BCUT2D eigenvalue weighted by Gasteiger charge is -2.31. The summed E-state index contributed by atoms with van der Waals surface area (Å²) in [6.45, 7) is 5.83. The number of methoxy groups -OCH3 is 1. The van der Waals surface area contributed by atoms with Crippen molar-refractivity contribution in [2.24, 2.45) is 0 Å². The standard InChI is InChI=1S/C27H30FNO4/c1-15(2)19-14-20(16(3)13-22(19)33-4)25(30)23-24(18-11-7-8-12-21(18)28)29(27(32)26(23)31)17-9-5-6-10-17/h7-8,11-15,17,24,30H,5-6,9-10H2,1-4H3/b25-23+. The quantitative estimate of drug-likeness (QED) is 0.363. The molecule has 1 unspecified atom stereocenters. The van der Waals surface area contributed by atoms with Crippen molar-refractivity contribution < 1.29 is 23.8 Å². The van der Waals surface area contributed by atoms with E-state index in [-0.39, 0.29) is 28.9 Å². The Bertz CT molecular complexity index is 1130. The molecule has 2 aliphatic rings. The molecule has 0 bridgehead atoms. The van der Waals surface area contributed by atoms with Gasteiger partial charge in [-0.05, 0) is 55.0 Å². The third-order valence-corrected chi connectivity index (χ3v) is 6.85. The summed E-state index contributed by atoms with van der Waals surface area (Å²) < 4.78 is 20.5. The minimum absolute atomic E-state index is 0.0556. The molecular weight excluding hydrogens is 421 g/mol. The fraction of sp³-hybridized carbons (Fsp3) is 0.407. The molecule has 1 saturated carbocycles. The molecule has 1 N–H and O–H groups in total. The lowest BCUT2D eigenvalue weighted by atomic mass is 9.90. The van der Waals surface area contributed by atoms with Gasteiger partial charge in [0.1, 0.15) is 17.3 Å². The minimum atomic E-state index is -0.960. The minimum Gasteiger partial charge on any atom is -0.507 e. The van der Waals surface area contributed by atoms with Crippen LogP contribution in [-0.2, 0) is 9.59 Å². The number of carbonyl (C=O) groups is 2. The van der Waals surface area contributed by atoms with E-state index in [4.69, 9.17) is 4.74 Å². The highest BCUT2D eigenvalue weighted by Crippen LogP contribution is 2.45. The van der Waals surface area contributed by atoms with E-state index in [2.05, 4.69) is 0 Å². The first-order valence-electron chi connectivity index (χ1n) is 11.5. The SMILES string of the molecule is COc1cc(C)c(/C(O)=C2\C(=O)C(=O)N(C3CCCC3)C2c2ccccc2F)cc1C(C)C. The van der Waals surface area contributed by atoms with Gasteiger partial charge in [-0.2, -0.15) is 0 Å². The molecule has 1 amide bonds. The van der Waals surface area contributed by atoms with Gasteiger partial charge in [0.2, 0.25) is 0 Å². The highest BCUT2D eigenvalue weighted by Gasteiger charge is 2.50. The van der Waals surface area contributed by atoms with Crippen molar-refractivity contribution in [1.29, 1.82) is 0 Å². The molecule has 1 saturated heterocycles. The van der Waals surface area contributed by atoms with Crippen LogP contribution in [0.2, 0.25) is 0 Å². The van der Waals surface area contributed by atoms with E-state index < -0.39 is 23.5 Å². The van der Waals surface area contributed by atoms with Crippen molar-refractivity contribution >= 4 is 17.4 Å². The lowest BCUT2D eigenvalue weighted by Crippen LogP contribution is -2.38. The van der Waals surface area contributed by atoms with E-state index in [9.17, 15) is 19.1 Å². The predicted octanol–water partition coefficient (Wildman–Crippen LogP) is 5.63. The van der Waals surface area contributed by atoms with Crippen molar-refractivity contribution in [1.82, 2.24) is 4.90 Å². The number of halogens is 1. The average Bonchev–Trinajstić information content (AvgIpc) is 3.40. The summed E-state index contributed by atoms with van der Waals surface area (Å²) in [4.78, 5) is 28.0. The van der Waals surface area contributed by atoms with Gasteiger partial charge in [-0.25, -0.2) is 4.39 Å². The van der Waals surface area contributed by atoms with Crippen LogP contribution in [0.25, 0.3) is 5.76 Å². The highest BCUT2D eigenvalue weighted by atomic mass is 19.1. The van der Waals surface area contributed by atoms with Crippen molar-refractivity contribution in [3.63, 3.8) is 0 Å². The monoisotopic (exact) mass is 451 g/mol. The number of nitrogens with zero attached hydrogens (tertiary/aromatic N) is 1. The van der Waals surface area contributed by atoms with Gasteiger partial charge in [0.15, 0.2) is 0 Å². The molecule has 4 rings (SSSR count). The van der Waals surface area contributed by atoms with Crippen LogP contribution in [0.3, 0.4) is 0 Å². The number of hydrogen-bond acceptors (Lipinski definition) is 4. The van der Waals surface area contributed by atoms with Crippen LogP contribution in [0.4, 0.5) is 4.39 Å². The number of likely N-dealkylation sites (tertiary alicyclic amines) is 1. The lowest BCUT2D eigenvalue weighted by molar-refractivity contribution is -0.141. The first-order valence-corrected chi connectivity index (χ1v) is 11.5. The topological polar surface area (TPSA) is 66.8 Å². The smallest absolute Gasteiger partial charge is 0.295 e. The fourth-order valence-corrected chi connectivity index (χ4v) is 5.14. The number of aliphatic hydroxyl groups excluding tert-OH is 1. The normalized spacial score (nSPS) is 20.8. The highest BCUT2D eigenvalue weighted by molar-refractivity contribution is 6.46. The number of rotatable bonds is 5. The van der Waals surface area contributed by atoms with Crippen LogP contribution in [0.15, 0.2) is 42.0 Å². The summed E-state index contributed by atoms with van der Waals surface area (Å²) in [7, 11) is 1.59. The zero-order valence-corrected chi connectivity index (χ0v) is 19.5. The molecule has 2 fully saturated rings. The van der Waals surface area contributed by atoms with Crippen molar-refractivity contribution in [3.8, 4) is 5.75 Å². The average molecular weight is 452 g/mol. The van der Waals surface area contributed by atoms with Crippen LogP contribution in [0.5, 0.6) is 5.75 Å². The number of aliphatic hydroxyl groups is 1. The molecule has 0 spiro atoms. The van der Waals surface area contributed by atoms with Gasteiger partial charge in [0.05, 0.1) is 18.7 Å². The molecule has 1 heterocycles. The first-order chi connectivity index (χ1) is 15.8. The second kappa shape index (κ2) is 9.00. The summed E-state index contributed by atoms with van der Waals surface area (Å²) in [6, 6.07) is 8.66. The van der Waals surface area contributed by atoms with Gasteiger partial charge in [0, 0.05) is 17.2 Å². The third kappa shape index (κ3) is 3.92.